The van der Waals surface area contributed by atoms with E-state index in [1.165, 1.54) is 16.0 Å². The molecule has 2 N–H and O–H groups in total. The first-order chi connectivity index (χ1) is 8.88. The molecule has 1 unspecified atom stereocenters. The molecule has 0 radical (unpaired) electrons. The van der Waals surface area contributed by atoms with Gasteiger partial charge < -0.3 is 5.73 Å². The number of nitrogens with zero attached hydrogens (tertiary/aromatic N) is 2. The third-order valence-electron chi connectivity index (χ3n) is 3.60. The predicted octanol–water partition coefficient (Wildman–Crippen LogP) is 2.20. The molecule has 1 atom stereocenters. The van der Waals surface area contributed by atoms with Gasteiger partial charge in [-0.25, -0.2) is 4.37 Å². The molecule has 3 nitrogen and oxygen atoms in total. The summed E-state index contributed by atoms with van der Waals surface area (Å²) >= 11 is 1.58. The van der Waals surface area contributed by atoms with E-state index in [-0.39, 0.29) is 0 Å². The number of nitrogens with two attached hydrogens (primary N) is 1. The zero-order chi connectivity index (χ0) is 12.4. The van der Waals surface area contributed by atoms with Crippen molar-refractivity contribution in [1.82, 2.24) is 9.27 Å². The lowest BCUT2D eigenvalue weighted by Crippen LogP contribution is -2.38. The standard InChI is InChI=1S/C14H17N3S/c15-9-14-13-4-2-1-3-11(13)6-8-17(14)10-12-5-7-16-18-12/h1-5,7,14H,6,8-10,15H2. The lowest BCUT2D eigenvalue weighted by atomic mass is 9.92. The summed E-state index contributed by atoms with van der Waals surface area (Å²) in [6.07, 6.45) is 2.99. The van der Waals surface area contributed by atoms with Crippen LogP contribution in [0.5, 0.6) is 0 Å². The number of fused-ring (bicyclic) bond motifs is 1. The third-order valence-corrected chi connectivity index (χ3v) is 4.32. The van der Waals surface area contributed by atoms with Crippen molar-refractivity contribution < 1.29 is 0 Å². The monoisotopic (exact) mass is 259 g/mol. The molecule has 2 heterocycles. The molecule has 1 aliphatic heterocycles. The molecule has 0 amide bonds. The van der Waals surface area contributed by atoms with Crippen LogP contribution in [0, 0.1) is 0 Å². The lowest BCUT2D eigenvalue weighted by molar-refractivity contribution is 0.182. The smallest absolute Gasteiger partial charge is 0.0477 e. The van der Waals surface area contributed by atoms with E-state index in [1.54, 1.807) is 11.5 Å². The van der Waals surface area contributed by atoms with E-state index in [2.05, 4.69) is 39.6 Å². The van der Waals surface area contributed by atoms with Crippen molar-refractivity contribution in [2.75, 3.05) is 13.1 Å². The summed E-state index contributed by atoms with van der Waals surface area (Å²) in [6.45, 7) is 2.72. The van der Waals surface area contributed by atoms with Gasteiger partial charge in [0.25, 0.3) is 0 Å². The summed E-state index contributed by atoms with van der Waals surface area (Å²) in [4.78, 5) is 3.78. The minimum absolute atomic E-state index is 0.344. The molecule has 94 valence electrons. The van der Waals surface area contributed by atoms with Crippen LogP contribution in [0.2, 0.25) is 0 Å². The van der Waals surface area contributed by atoms with Gasteiger partial charge in [0.1, 0.15) is 0 Å². The molecule has 0 aliphatic carbocycles. The van der Waals surface area contributed by atoms with Crippen LogP contribution in [-0.4, -0.2) is 22.4 Å². The van der Waals surface area contributed by atoms with Crippen molar-refractivity contribution in [1.29, 1.82) is 0 Å². The fraction of sp³-hybridized carbons (Fsp3) is 0.357. The Morgan fingerprint density at radius 2 is 2.22 bits per heavy atom. The summed E-state index contributed by atoms with van der Waals surface area (Å²) in [5, 5.41) is 0. The first-order valence-electron chi connectivity index (χ1n) is 6.30. The van der Waals surface area contributed by atoms with E-state index in [1.807, 2.05) is 6.20 Å². The van der Waals surface area contributed by atoms with Gasteiger partial charge in [0.15, 0.2) is 0 Å². The normalized spacial score (nSPS) is 19.7. The van der Waals surface area contributed by atoms with Crippen molar-refractivity contribution in [3.63, 3.8) is 0 Å². The van der Waals surface area contributed by atoms with Gasteiger partial charge in [-0.05, 0) is 35.1 Å². The zero-order valence-electron chi connectivity index (χ0n) is 10.2. The van der Waals surface area contributed by atoms with E-state index in [0.29, 0.717) is 12.6 Å². The number of benzene rings is 1. The molecule has 1 aromatic heterocycles. The van der Waals surface area contributed by atoms with Crippen molar-refractivity contribution in [3.05, 3.63) is 52.5 Å². The quantitative estimate of drug-likeness (QED) is 0.919. The van der Waals surface area contributed by atoms with Crippen LogP contribution in [0.3, 0.4) is 0 Å². The fourth-order valence-corrected chi connectivity index (χ4v) is 3.30. The largest absolute Gasteiger partial charge is 0.329 e. The van der Waals surface area contributed by atoms with Gasteiger partial charge in [0.05, 0.1) is 0 Å². The molecule has 2 aromatic rings. The average Bonchev–Trinajstić information content (AvgIpc) is 2.91. The minimum atomic E-state index is 0.344. The second kappa shape index (κ2) is 5.18. The fourth-order valence-electron chi connectivity index (χ4n) is 2.69. The molecule has 0 saturated heterocycles. The minimum Gasteiger partial charge on any atom is -0.329 e. The molecule has 3 rings (SSSR count). The summed E-state index contributed by atoms with van der Waals surface area (Å²) in [6, 6.07) is 11.1. The highest BCUT2D eigenvalue weighted by molar-refractivity contribution is 7.05. The summed E-state index contributed by atoms with van der Waals surface area (Å²) < 4.78 is 4.17. The molecule has 1 aromatic carbocycles. The zero-order valence-corrected chi connectivity index (χ0v) is 11.1. The summed E-state index contributed by atoms with van der Waals surface area (Å²) in [5.74, 6) is 0. The van der Waals surface area contributed by atoms with Crippen LogP contribution in [0.4, 0.5) is 0 Å². The van der Waals surface area contributed by atoms with Crippen LogP contribution in [-0.2, 0) is 13.0 Å². The lowest BCUT2D eigenvalue weighted by Gasteiger charge is -2.36. The number of hydrogen-bond acceptors (Lipinski definition) is 4. The summed E-state index contributed by atoms with van der Waals surface area (Å²) in [7, 11) is 0. The molecular formula is C14H17N3S. The molecule has 0 fully saturated rings. The van der Waals surface area contributed by atoms with E-state index in [9.17, 15) is 0 Å². The maximum atomic E-state index is 5.98. The Balaban J connectivity index is 1.85. The summed E-state index contributed by atoms with van der Waals surface area (Å²) in [5.41, 5.74) is 8.83. The molecule has 0 spiro atoms. The SMILES string of the molecule is NCC1c2ccccc2CCN1Cc1ccns1. The second-order valence-electron chi connectivity index (χ2n) is 4.65. The number of aromatic nitrogens is 1. The van der Waals surface area contributed by atoms with Crippen LogP contribution in [0.1, 0.15) is 22.0 Å². The molecular weight excluding hydrogens is 242 g/mol. The maximum Gasteiger partial charge on any atom is 0.0477 e. The number of rotatable bonds is 3. The molecule has 0 saturated carbocycles. The highest BCUT2D eigenvalue weighted by atomic mass is 32.1. The van der Waals surface area contributed by atoms with Crippen molar-refractivity contribution >= 4 is 11.5 Å². The van der Waals surface area contributed by atoms with Crippen molar-refractivity contribution in [2.45, 2.75) is 19.0 Å². The topological polar surface area (TPSA) is 42.1 Å². The van der Waals surface area contributed by atoms with Crippen molar-refractivity contribution in [2.24, 2.45) is 5.73 Å². The van der Waals surface area contributed by atoms with Gasteiger partial charge in [-0.1, -0.05) is 24.3 Å². The Kier molecular flexibility index (Phi) is 3.41. The molecule has 4 heteroatoms. The van der Waals surface area contributed by atoms with Crippen LogP contribution < -0.4 is 5.73 Å². The molecule has 1 aliphatic rings. The van der Waals surface area contributed by atoms with Crippen molar-refractivity contribution in [3.8, 4) is 0 Å². The average molecular weight is 259 g/mol. The maximum absolute atomic E-state index is 5.98. The number of hydrogen-bond donors (Lipinski definition) is 1. The predicted molar refractivity (Wildman–Crippen MR) is 74.5 cm³/mol. The van der Waals surface area contributed by atoms with Gasteiger partial charge in [-0.3, -0.25) is 4.90 Å². The van der Waals surface area contributed by atoms with Gasteiger partial charge in [-0.2, -0.15) is 0 Å². The van der Waals surface area contributed by atoms with Gasteiger partial charge in [0, 0.05) is 36.8 Å². The van der Waals surface area contributed by atoms with E-state index < -0.39 is 0 Å². The van der Waals surface area contributed by atoms with E-state index in [0.717, 1.165) is 19.5 Å². The van der Waals surface area contributed by atoms with E-state index in [4.69, 9.17) is 5.73 Å². The Bertz CT molecular complexity index is 510. The Morgan fingerprint density at radius 3 is 3.00 bits per heavy atom. The third kappa shape index (κ3) is 2.19. The van der Waals surface area contributed by atoms with Gasteiger partial charge in [0.2, 0.25) is 0 Å². The Hall–Kier alpha value is -1.23. The highest BCUT2D eigenvalue weighted by Gasteiger charge is 2.26. The van der Waals surface area contributed by atoms with E-state index >= 15 is 0 Å². The molecule has 0 bridgehead atoms. The van der Waals surface area contributed by atoms with Gasteiger partial charge in [-0.15, -0.1) is 0 Å². The van der Waals surface area contributed by atoms with Crippen LogP contribution in [0.25, 0.3) is 0 Å². The highest BCUT2D eigenvalue weighted by Crippen LogP contribution is 2.30. The Morgan fingerprint density at radius 1 is 1.33 bits per heavy atom. The first kappa shape index (κ1) is 11.8. The van der Waals surface area contributed by atoms with Crippen LogP contribution in [0.15, 0.2) is 36.5 Å². The molecule has 18 heavy (non-hydrogen) atoms. The Labute approximate surface area is 111 Å². The first-order valence-corrected chi connectivity index (χ1v) is 7.07. The second-order valence-corrected chi connectivity index (χ2v) is 5.57. The van der Waals surface area contributed by atoms with Crippen LogP contribution >= 0.6 is 11.5 Å². The van der Waals surface area contributed by atoms with Gasteiger partial charge >= 0.3 is 0 Å².